The van der Waals surface area contributed by atoms with Gasteiger partial charge in [-0.05, 0) is 54.8 Å². The molecule has 1 fully saturated rings. The number of hydrogen-bond donors (Lipinski definition) is 2. The van der Waals surface area contributed by atoms with Crippen molar-refractivity contribution in [3.05, 3.63) is 70.8 Å². The van der Waals surface area contributed by atoms with Crippen LogP contribution in [-0.2, 0) is 24.4 Å². The molecule has 0 bridgehead atoms. The van der Waals surface area contributed by atoms with E-state index in [1.807, 2.05) is 18.2 Å². The zero-order valence-corrected chi connectivity index (χ0v) is 16.5. The fourth-order valence-corrected chi connectivity index (χ4v) is 3.52. The zero-order valence-electron chi connectivity index (χ0n) is 16.5. The first-order chi connectivity index (χ1) is 13.6. The number of benzene rings is 2. The lowest BCUT2D eigenvalue weighted by Crippen LogP contribution is -2.30. The van der Waals surface area contributed by atoms with Gasteiger partial charge in [-0.1, -0.05) is 42.8 Å². The van der Waals surface area contributed by atoms with Crippen molar-refractivity contribution in [1.29, 1.82) is 0 Å². The molecule has 0 aliphatic carbocycles. The summed E-state index contributed by atoms with van der Waals surface area (Å²) in [5.41, 5.74) is 4.05. The number of carbonyl (C=O) groups excluding carboxylic acids is 2. The van der Waals surface area contributed by atoms with Gasteiger partial charge in [-0.2, -0.15) is 0 Å². The van der Waals surface area contributed by atoms with Crippen molar-refractivity contribution in [2.24, 2.45) is 0 Å². The molecular weight excluding hydrogens is 350 g/mol. The van der Waals surface area contributed by atoms with Crippen LogP contribution < -0.4 is 10.6 Å². The predicted octanol–water partition coefficient (Wildman–Crippen LogP) is 3.24. The van der Waals surface area contributed by atoms with Crippen LogP contribution in [-0.4, -0.2) is 29.8 Å². The lowest BCUT2D eigenvalue weighted by atomic mass is 10.0. The molecule has 5 nitrogen and oxygen atoms in total. The summed E-state index contributed by atoms with van der Waals surface area (Å²) in [6.45, 7) is 5.75. The van der Waals surface area contributed by atoms with Gasteiger partial charge >= 0.3 is 0 Å². The molecule has 1 aliphatic rings. The van der Waals surface area contributed by atoms with Crippen molar-refractivity contribution < 1.29 is 9.59 Å². The standard InChI is InChI=1S/C23H29N3O2/c1-18(27)24-15-19-9-11-20(12-10-19)23(28)25-16-21-7-3-4-8-22(21)17-26-13-5-2-6-14-26/h3-4,7-12H,2,5-6,13-17H2,1H3,(H,24,27)(H,25,28). The lowest BCUT2D eigenvalue weighted by molar-refractivity contribution is -0.119. The maximum absolute atomic E-state index is 12.5. The SMILES string of the molecule is CC(=O)NCc1ccc(C(=O)NCc2ccccc2CN2CCCCC2)cc1. The Kier molecular flexibility index (Phi) is 7.20. The maximum Gasteiger partial charge on any atom is 0.251 e. The molecule has 1 aliphatic heterocycles. The maximum atomic E-state index is 12.5. The van der Waals surface area contributed by atoms with Crippen LogP contribution in [0.5, 0.6) is 0 Å². The van der Waals surface area contributed by atoms with Crippen molar-refractivity contribution in [3.63, 3.8) is 0 Å². The third-order valence-electron chi connectivity index (χ3n) is 5.16. The second kappa shape index (κ2) is 10.0. The van der Waals surface area contributed by atoms with Crippen LogP contribution in [0.1, 0.15) is 53.2 Å². The summed E-state index contributed by atoms with van der Waals surface area (Å²) >= 11 is 0. The molecule has 2 N–H and O–H groups in total. The number of nitrogens with one attached hydrogen (secondary N) is 2. The summed E-state index contributed by atoms with van der Waals surface area (Å²) in [5.74, 6) is -0.149. The van der Waals surface area contributed by atoms with Crippen molar-refractivity contribution >= 4 is 11.8 Å². The fraction of sp³-hybridized carbons (Fsp3) is 0.391. The van der Waals surface area contributed by atoms with Crippen LogP contribution in [0, 0.1) is 0 Å². The molecule has 0 spiro atoms. The van der Waals surface area contributed by atoms with Gasteiger partial charge in [-0.15, -0.1) is 0 Å². The zero-order chi connectivity index (χ0) is 19.8. The predicted molar refractivity (Wildman–Crippen MR) is 111 cm³/mol. The van der Waals surface area contributed by atoms with E-state index in [0.29, 0.717) is 18.7 Å². The van der Waals surface area contributed by atoms with Crippen molar-refractivity contribution in [2.75, 3.05) is 13.1 Å². The van der Waals surface area contributed by atoms with Crippen LogP contribution in [0.2, 0.25) is 0 Å². The molecule has 0 saturated carbocycles. The minimum atomic E-state index is -0.0844. The highest BCUT2D eigenvalue weighted by atomic mass is 16.2. The van der Waals surface area contributed by atoms with Gasteiger partial charge in [0.25, 0.3) is 5.91 Å². The number of nitrogens with zero attached hydrogens (tertiary/aromatic N) is 1. The molecule has 2 aromatic carbocycles. The number of piperidine rings is 1. The van der Waals surface area contributed by atoms with E-state index in [2.05, 4.69) is 33.7 Å². The first-order valence-corrected chi connectivity index (χ1v) is 10.0. The average molecular weight is 380 g/mol. The summed E-state index contributed by atoms with van der Waals surface area (Å²) in [6, 6.07) is 15.7. The summed E-state index contributed by atoms with van der Waals surface area (Å²) in [7, 11) is 0. The third-order valence-corrected chi connectivity index (χ3v) is 5.16. The van der Waals surface area contributed by atoms with Gasteiger partial charge in [0, 0.05) is 32.1 Å². The Balaban J connectivity index is 1.56. The van der Waals surface area contributed by atoms with Crippen LogP contribution in [0.15, 0.2) is 48.5 Å². The monoisotopic (exact) mass is 379 g/mol. The smallest absolute Gasteiger partial charge is 0.251 e. The molecule has 0 unspecified atom stereocenters. The number of amides is 2. The molecule has 1 heterocycles. The highest BCUT2D eigenvalue weighted by Gasteiger charge is 2.13. The minimum Gasteiger partial charge on any atom is -0.352 e. The molecule has 5 heteroatoms. The first-order valence-electron chi connectivity index (χ1n) is 10.0. The van der Waals surface area contributed by atoms with Gasteiger partial charge in [0.05, 0.1) is 0 Å². The van der Waals surface area contributed by atoms with Gasteiger partial charge in [-0.25, -0.2) is 0 Å². The molecule has 28 heavy (non-hydrogen) atoms. The van der Waals surface area contributed by atoms with Crippen LogP contribution in [0.3, 0.4) is 0 Å². The Labute approximate surface area is 167 Å². The van der Waals surface area contributed by atoms with Gasteiger partial charge in [-0.3, -0.25) is 14.5 Å². The number of likely N-dealkylation sites (tertiary alicyclic amines) is 1. The fourth-order valence-electron chi connectivity index (χ4n) is 3.52. The molecule has 3 rings (SSSR count). The summed E-state index contributed by atoms with van der Waals surface area (Å²) in [5, 5.41) is 5.79. The first kappa shape index (κ1) is 20.1. The van der Waals surface area contributed by atoms with Gasteiger partial charge in [0.2, 0.25) is 5.91 Å². The molecule has 148 valence electrons. The third kappa shape index (κ3) is 5.92. The highest BCUT2D eigenvalue weighted by Crippen LogP contribution is 2.16. The lowest BCUT2D eigenvalue weighted by Gasteiger charge is -2.27. The van der Waals surface area contributed by atoms with Crippen molar-refractivity contribution in [3.8, 4) is 0 Å². The largest absolute Gasteiger partial charge is 0.352 e. The van der Waals surface area contributed by atoms with Gasteiger partial charge in [0.1, 0.15) is 0 Å². The van der Waals surface area contributed by atoms with E-state index in [9.17, 15) is 9.59 Å². The number of carbonyl (C=O) groups is 2. The average Bonchev–Trinajstić information content (AvgIpc) is 2.72. The topological polar surface area (TPSA) is 61.4 Å². The Morgan fingerprint density at radius 1 is 0.857 bits per heavy atom. The van der Waals surface area contributed by atoms with Crippen molar-refractivity contribution in [1.82, 2.24) is 15.5 Å². The van der Waals surface area contributed by atoms with E-state index in [1.165, 1.54) is 37.3 Å². The Morgan fingerprint density at radius 3 is 2.21 bits per heavy atom. The molecule has 2 aromatic rings. The Bertz CT molecular complexity index is 796. The summed E-state index contributed by atoms with van der Waals surface area (Å²) < 4.78 is 0. The molecule has 0 aromatic heterocycles. The summed E-state index contributed by atoms with van der Waals surface area (Å²) in [4.78, 5) is 26.0. The normalized spacial score (nSPS) is 14.5. The van der Waals surface area contributed by atoms with Crippen molar-refractivity contribution in [2.45, 2.75) is 45.8 Å². The quantitative estimate of drug-likeness (QED) is 0.776. The molecule has 0 atom stereocenters. The Morgan fingerprint density at radius 2 is 1.54 bits per heavy atom. The van der Waals surface area contributed by atoms with E-state index >= 15 is 0 Å². The second-order valence-corrected chi connectivity index (χ2v) is 7.39. The van der Waals surface area contributed by atoms with E-state index in [0.717, 1.165) is 25.2 Å². The van der Waals surface area contributed by atoms with Crippen LogP contribution >= 0.6 is 0 Å². The molecule has 2 amide bonds. The Hall–Kier alpha value is -2.66. The van der Waals surface area contributed by atoms with E-state index in [4.69, 9.17) is 0 Å². The molecule has 1 saturated heterocycles. The second-order valence-electron chi connectivity index (χ2n) is 7.39. The van der Waals surface area contributed by atoms with E-state index in [-0.39, 0.29) is 11.8 Å². The highest BCUT2D eigenvalue weighted by molar-refractivity contribution is 5.94. The van der Waals surface area contributed by atoms with E-state index in [1.54, 1.807) is 12.1 Å². The molecular formula is C23H29N3O2. The van der Waals surface area contributed by atoms with Gasteiger partial charge in [0.15, 0.2) is 0 Å². The summed E-state index contributed by atoms with van der Waals surface area (Å²) in [6.07, 6.45) is 3.88. The van der Waals surface area contributed by atoms with Crippen LogP contribution in [0.25, 0.3) is 0 Å². The van der Waals surface area contributed by atoms with E-state index < -0.39 is 0 Å². The van der Waals surface area contributed by atoms with Crippen LogP contribution in [0.4, 0.5) is 0 Å². The van der Waals surface area contributed by atoms with Gasteiger partial charge < -0.3 is 10.6 Å². The minimum absolute atomic E-state index is 0.0648. The number of rotatable bonds is 7. The molecule has 0 radical (unpaired) electrons. The number of hydrogen-bond acceptors (Lipinski definition) is 3.